The van der Waals surface area contributed by atoms with Crippen molar-refractivity contribution in [3.05, 3.63) is 28.7 Å². The summed E-state index contributed by atoms with van der Waals surface area (Å²) in [5.41, 5.74) is 0. The van der Waals surface area contributed by atoms with E-state index in [1.54, 1.807) is 12.1 Å². The largest absolute Gasteiger partial charge is 0.395 e. The molecule has 1 rings (SSSR count). The average molecular weight is 324 g/mol. The van der Waals surface area contributed by atoms with Gasteiger partial charge in [0.05, 0.1) is 24.2 Å². The third-order valence-electron chi connectivity index (χ3n) is 2.03. The highest BCUT2D eigenvalue weighted by atomic mass is 79.9. The lowest BCUT2D eigenvalue weighted by atomic mass is 10.4. The number of aliphatic hydroxyl groups is 1. The first-order chi connectivity index (χ1) is 7.99. The lowest BCUT2D eigenvalue weighted by Crippen LogP contribution is -2.40. The molecule has 0 aliphatic rings. The highest BCUT2D eigenvalue weighted by molar-refractivity contribution is 9.10. The van der Waals surface area contributed by atoms with Crippen molar-refractivity contribution in [3.8, 4) is 0 Å². The third kappa shape index (κ3) is 4.36. The van der Waals surface area contributed by atoms with Gasteiger partial charge in [-0.3, -0.25) is 0 Å². The van der Waals surface area contributed by atoms with Crippen LogP contribution in [0, 0.1) is 0 Å². The number of methoxy groups -OCH3 is 1. The second kappa shape index (κ2) is 6.46. The Bertz CT molecular complexity index is 446. The molecule has 0 saturated heterocycles. The van der Waals surface area contributed by atoms with E-state index in [-0.39, 0.29) is 18.1 Å². The molecule has 7 heteroatoms. The summed E-state index contributed by atoms with van der Waals surface area (Å²) >= 11 is 3.23. The van der Waals surface area contributed by atoms with Crippen LogP contribution >= 0.6 is 15.9 Å². The van der Waals surface area contributed by atoms with E-state index in [9.17, 15) is 8.42 Å². The Labute approximate surface area is 109 Å². The molecule has 17 heavy (non-hydrogen) atoms. The van der Waals surface area contributed by atoms with E-state index in [2.05, 4.69) is 20.7 Å². The molecule has 0 spiro atoms. The zero-order valence-corrected chi connectivity index (χ0v) is 11.7. The predicted molar refractivity (Wildman–Crippen MR) is 67.2 cm³/mol. The van der Waals surface area contributed by atoms with E-state index in [0.29, 0.717) is 0 Å². The number of ether oxygens (including phenoxy) is 1. The maximum Gasteiger partial charge on any atom is 0.240 e. The Balaban J connectivity index is 2.84. The summed E-state index contributed by atoms with van der Waals surface area (Å²) in [4.78, 5) is 0.148. The molecule has 5 nitrogen and oxygen atoms in total. The summed E-state index contributed by atoms with van der Waals surface area (Å²) in [5.74, 6) is 0. The average Bonchev–Trinajstić information content (AvgIpc) is 2.28. The van der Waals surface area contributed by atoms with Crippen LogP contribution in [0.1, 0.15) is 0 Å². The van der Waals surface area contributed by atoms with Crippen LogP contribution in [0.3, 0.4) is 0 Å². The molecule has 0 saturated carbocycles. The summed E-state index contributed by atoms with van der Waals surface area (Å²) in [5, 5.41) is 9.00. The fraction of sp³-hybridized carbons (Fsp3) is 0.400. The van der Waals surface area contributed by atoms with E-state index >= 15 is 0 Å². The summed E-state index contributed by atoms with van der Waals surface area (Å²) in [6.07, 6.45) is 0. The quantitative estimate of drug-likeness (QED) is 0.809. The molecule has 96 valence electrons. The van der Waals surface area contributed by atoms with Crippen molar-refractivity contribution in [2.75, 3.05) is 20.3 Å². The van der Waals surface area contributed by atoms with Gasteiger partial charge in [-0.25, -0.2) is 13.1 Å². The molecule has 0 radical (unpaired) electrons. The van der Waals surface area contributed by atoms with E-state index in [1.807, 2.05) is 0 Å². The van der Waals surface area contributed by atoms with Crippen molar-refractivity contribution in [2.45, 2.75) is 10.9 Å². The normalized spacial score (nSPS) is 13.6. The molecule has 0 heterocycles. The van der Waals surface area contributed by atoms with Crippen molar-refractivity contribution in [3.63, 3.8) is 0 Å². The van der Waals surface area contributed by atoms with Crippen LogP contribution in [-0.2, 0) is 14.8 Å². The molecule has 0 bridgehead atoms. The first-order valence-electron chi connectivity index (χ1n) is 4.87. The van der Waals surface area contributed by atoms with Crippen LogP contribution in [0.4, 0.5) is 0 Å². The van der Waals surface area contributed by atoms with Gasteiger partial charge in [0.15, 0.2) is 0 Å². The highest BCUT2D eigenvalue weighted by Crippen LogP contribution is 2.14. The standard InChI is InChI=1S/C10H14BrNO4S/c1-16-7-9(6-13)12-17(14,15)10-4-2-8(11)3-5-10/h2-5,9,12-13H,6-7H2,1H3. The first-order valence-corrected chi connectivity index (χ1v) is 7.15. The van der Waals surface area contributed by atoms with E-state index in [1.165, 1.54) is 19.2 Å². The third-order valence-corrected chi connectivity index (χ3v) is 4.10. The Hall–Kier alpha value is -0.470. The van der Waals surface area contributed by atoms with Gasteiger partial charge in [-0.05, 0) is 24.3 Å². The number of benzene rings is 1. The second-order valence-corrected chi connectivity index (χ2v) is 6.04. The minimum atomic E-state index is -3.62. The summed E-state index contributed by atoms with van der Waals surface area (Å²) in [6.45, 7) is -0.199. The van der Waals surface area contributed by atoms with Crippen LogP contribution in [0.15, 0.2) is 33.6 Å². The Morgan fingerprint density at radius 2 is 2.00 bits per heavy atom. The maximum atomic E-state index is 11.9. The van der Waals surface area contributed by atoms with Gasteiger partial charge in [-0.1, -0.05) is 15.9 Å². The second-order valence-electron chi connectivity index (χ2n) is 3.41. The summed E-state index contributed by atoms with van der Waals surface area (Å²) < 4.78 is 31.8. The number of aliphatic hydroxyl groups excluding tert-OH is 1. The highest BCUT2D eigenvalue weighted by Gasteiger charge is 2.19. The topological polar surface area (TPSA) is 75.6 Å². The van der Waals surface area contributed by atoms with Crippen molar-refractivity contribution >= 4 is 26.0 Å². The fourth-order valence-electron chi connectivity index (χ4n) is 1.23. The first kappa shape index (κ1) is 14.6. The zero-order chi connectivity index (χ0) is 12.9. The Morgan fingerprint density at radius 3 is 2.47 bits per heavy atom. The SMILES string of the molecule is COCC(CO)NS(=O)(=O)c1ccc(Br)cc1. The monoisotopic (exact) mass is 323 g/mol. The van der Waals surface area contributed by atoms with Crippen LogP contribution in [-0.4, -0.2) is 39.9 Å². The number of hydrogen-bond acceptors (Lipinski definition) is 4. The van der Waals surface area contributed by atoms with Crippen LogP contribution in [0.5, 0.6) is 0 Å². The molecule has 0 amide bonds. The van der Waals surface area contributed by atoms with Crippen molar-refractivity contribution < 1.29 is 18.3 Å². The van der Waals surface area contributed by atoms with Crippen molar-refractivity contribution in [1.82, 2.24) is 4.72 Å². The molecule has 0 aliphatic carbocycles. The van der Waals surface area contributed by atoms with Gasteiger partial charge in [0.2, 0.25) is 10.0 Å². The molecule has 0 fully saturated rings. The molecule has 0 aliphatic heterocycles. The fourth-order valence-corrected chi connectivity index (χ4v) is 2.70. The summed E-state index contributed by atoms with van der Waals surface area (Å²) in [6, 6.07) is 5.59. The Kier molecular flexibility index (Phi) is 5.54. The predicted octanol–water partition coefficient (Wildman–Crippen LogP) is 0.735. The molecule has 1 unspecified atom stereocenters. The van der Waals surface area contributed by atoms with Gasteiger partial charge in [0.1, 0.15) is 0 Å². The van der Waals surface area contributed by atoms with Crippen LogP contribution < -0.4 is 4.72 Å². The number of rotatable bonds is 6. The minimum absolute atomic E-state index is 0.117. The smallest absolute Gasteiger partial charge is 0.240 e. The van der Waals surface area contributed by atoms with Gasteiger partial charge in [0, 0.05) is 11.6 Å². The van der Waals surface area contributed by atoms with Crippen LogP contribution in [0.25, 0.3) is 0 Å². The number of halogens is 1. The molecule has 1 aromatic carbocycles. The number of hydrogen-bond donors (Lipinski definition) is 2. The molecular formula is C10H14BrNO4S. The number of nitrogens with one attached hydrogen (secondary N) is 1. The van der Waals surface area contributed by atoms with E-state index in [4.69, 9.17) is 9.84 Å². The van der Waals surface area contributed by atoms with Crippen LogP contribution in [0.2, 0.25) is 0 Å². The summed E-state index contributed by atoms with van der Waals surface area (Å²) in [7, 11) is -2.18. The molecule has 2 N–H and O–H groups in total. The van der Waals surface area contributed by atoms with Gasteiger partial charge in [-0.15, -0.1) is 0 Å². The van der Waals surface area contributed by atoms with E-state index < -0.39 is 16.1 Å². The van der Waals surface area contributed by atoms with Gasteiger partial charge >= 0.3 is 0 Å². The zero-order valence-electron chi connectivity index (χ0n) is 9.26. The maximum absolute atomic E-state index is 11.9. The molecule has 0 aromatic heterocycles. The minimum Gasteiger partial charge on any atom is -0.395 e. The van der Waals surface area contributed by atoms with Gasteiger partial charge in [0.25, 0.3) is 0 Å². The lowest BCUT2D eigenvalue weighted by molar-refractivity contribution is 0.139. The molecule has 1 aromatic rings. The van der Waals surface area contributed by atoms with E-state index in [0.717, 1.165) is 4.47 Å². The van der Waals surface area contributed by atoms with Gasteiger partial charge in [-0.2, -0.15) is 0 Å². The Morgan fingerprint density at radius 1 is 1.41 bits per heavy atom. The van der Waals surface area contributed by atoms with Gasteiger partial charge < -0.3 is 9.84 Å². The molecular weight excluding hydrogens is 310 g/mol. The van der Waals surface area contributed by atoms with Crippen molar-refractivity contribution in [1.29, 1.82) is 0 Å². The van der Waals surface area contributed by atoms with Crippen molar-refractivity contribution in [2.24, 2.45) is 0 Å². The molecule has 1 atom stereocenters. The lowest BCUT2D eigenvalue weighted by Gasteiger charge is -2.15. The number of sulfonamides is 1.